The average molecular weight is 467 g/mol. The standard InChI is InChI=1S/C29H54O4/c1-3-5-6-7-8-9-10-11-12-13-14-15-16-17-18-19-20-21-22-23-24-27(29(31)32)26-28(30)33-25-4-2/h15-16,27H,3-14,17-26H2,1-2H3,(H,31,32)/b16-15+. The second-order valence-electron chi connectivity index (χ2n) is 9.60. The topological polar surface area (TPSA) is 63.6 Å². The Morgan fingerprint density at radius 3 is 1.58 bits per heavy atom. The Morgan fingerprint density at radius 1 is 0.667 bits per heavy atom. The van der Waals surface area contributed by atoms with Gasteiger partial charge in [-0.1, -0.05) is 116 Å². The summed E-state index contributed by atoms with van der Waals surface area (Å²) < 4.78 is 5.01. The second-order valence-corrected chi connectivity index (χ2v) is 9.60. The van der Waals surface area contributed by atoms with Crippen molar-refractivity contribution in [2.75, 3.05) is 6.61 Å². The van der Waals surface area contributed by atoms with Gasteiger partial charge in [0, 0.05) is 0 Å². The van der Waals surface area contributed by atoms with Crippen LogP contribution in [0.3, 0.4) is 0 Å². The van der Waals surface area contributed by atoms with Crippen LogP contribution in [0.15, 0.2) is 12.2 Å². The summed E-state index contributed by atoms with van der Waals surface area (Å²) >= 11 is 0. The molecular formula is C29H54O4. The molecule has 0 aliphatic rings. The van der Waals surface area contributed by atoms with Crippen LogP contribution in [0, 0.1) is 5.92 Å². The highest BCUT2D eigenvalue weighted by molar-refractivity contribution is 5.78. The molecule has 0 radical (unpaired) electrons. The molecular weight excluding hydrogens is 412 g/mol. The smallest absolute Gasteiger partial charge is 0.307 e. The molecule has 194 valence electrons. The summed E-state index contributed by atoms with van der Waals surface area (Å²) in [5, 5.41) is 9.29. The first kappa shape index (κ1) is 31.7. The quantitative estimate of drug-likeness (QED) is 0.0828. The van der Waals surface area contributed by atoms with Gasteiger partial charge in [-0.05, 0) is 38.5 Å². The first-order chi connectivity index (χ1) is 16.1. The third-order valence-electron chi connectivity index (χ3n) is 6.29. The maximum absolute atomic E-state index is 11.6. The van der Waals surface area contributed by atoms with Crippen LogP contribution >= 0.6 is 0 Å². The van der Waals surface area contributed by atoms with E-state index >= 15 is 0 Å². The third kappa shape index (κ3) is 23.6. The highest BCUT2D eigenvalue weighted by Gasteiger charge is 2.21. The second kappa shape index (κ2) is 25.3. The predicted octanol–water partition coefficient (Wildman–Crippen LogP) is 9.02. The number of carboxylic acids is 1. The van der Waals surface area contributed by atoms with E-state index < -0.39 is 11.9 Å². The fourth-order valence-electron chi connectivity index (χ4n) is 4.13. The molecule has 0 spiro atoms. The van der Waals surface area contributed by atoms with Crippen molar-refractivity contribution in [3.8, 4) is 0 Å². The van der Waals surface area contributed by atoms with Gasteiger partial charge in [-0.25, -0.2) is 0 Å². The number of rotatable bonds is 25. The number of aliphatic carboxylic acids is 1. The number of hydrogen-bond donors (Lipinski definition) is 1. The van der Waals surface area contributed by atoms with Crippen molar-refractivity contribution < 1.29 is 19.4 Å². The van der Waals surface area contributed by atoms with Crippen molar-refractivity contribution in [1.82, 2.24) is 0 Å². The van der Waals surface area contributed by atoms with Gasteiger partial charge in [0.25, 0.3) is 0 Å². The molecule has 4 heteroatoms. The fourth-order valence-corrected chi connectivity index (χ4v) is 4.13. The number of hydrogen-bond acceptors (Lipinski definition) is 3. The minimum atomic E-state index is -0.881. The summed E-state index contributed by atoms with van der Waals surface area (Å²) in [5.74, 6) is -1.87. The van der Waals surface area contributed by atoms with Crippen LogP contribution in [0.1, 0.15) is 149 Å². The fraction of sp³-hybridized carbons (Fsp3) is 0.862. The Hall–Kier alpha value is -1.32. The molecule has 0 aromatic carbocycles. The summed E-state index contributed by atoms with van der Waals surface area (Å²) in [6.07, 6.45) is 29.2. The van der Waals surface area contributed by atoms with Crippen molar-refractivity contribution in [2.45, 2.75) is 149 Å². The molecule has 1 atom stereocenters. The Morgan fingerprint density at radius 2 is 1.12 bits per heavy atom. The molecule has 33 heavy (non-hydrogen) atoms. The van der Waals surface area contributed by atoms with E-state index in [2.05, 4.69) is 19.1 Å². The lowest BCUT2D eigenvalue weighted by Gasteiger charge is -2.11. The summed E-state index contributed by atoms with van der Waals surface area (Å²) in [5.41, 5.74) is 0. The van der Waals surface area contributed by atoms with Crippen LogP contribution in [0.25, 0.3) is 0 Å². The summed E-state index contributed by atoms with van der Waals surface area (Å²) in [7, 11) is 0. The maximum atomic E-state index is 11.6. The molecule has 4 nitrogen and oxygen atoms in total. The number of carbonyl (C=O) groups excluding carboxylic acids is 1. The molecule has 0 rings (SSSR count). The predicted molar refractivity (Wildman–Crippen MR) is 140 cm³/mol. The zero-order chi connectivity index (χ0) is 24.4. The molecule has 1 N–H and O–H groups in total. The molecule has 0 aliphatic carbocycles. The number of allylic oxidation sites excluding steroid dienone is 2. The number of esters is 1. The molecule has 0 aromatic rings. The minimum Gasteiger partial charge on any atom is -0.481 e. The van der Waals surface area contributed by atoms with Gasteiger partial charge in [-0.15, -0.1) is 0 Å². The normalized spacial score (nSPS) is 12.3. The number of ether oxygens (including phenoxy) is 1. The van der Waals surface area contributed by atoms with Gasteiger partial charge in [0.15, 0.2) is 0 Å². The van der Waals surface area contributed by atoms with Crippen LogP contribution in [-0.2, 0) is 14.3 Å². The largest absolute Gasteiger partial charge is 0.481 e. The molecule has 0 heterocycles. The van der Waals surface area contributed by atoms with Crippen molar-refractivity contribution in [2.24, 2.45) is 5.92 Å². The third-order valence-corrected chi connectivity index (χ3v) is 6.29. The Balaban J connectivity index is 3.43. The van der Waals surface area contributed by atoms with E-state index in [0.717, 1.165) is 25.7 Å². The Bertz CT molecular complexity index is 472. The molecule has 0 saturated carbocycles. The Labute approximate surface area is 204 Å². The highest BCUT2D eigenvalue weighted by Crippen LogP contribution is 2.17. The van der Waals surface area contributed by atoms with Crippen molar-refractivity contribution in [3.05, 3.63) is 12.2 Å². The maximum Gasteiger partial charge on any atom is 0.307 e. The first-order valence-electron chi connectivity index (χ1n) is 14.1. The summed E-state index contributed by atoms with van der Waals surface area (Å²) in [4.78, 5) is 23.0. The van der Waals surface area contributed by atoms with Gasteiger partial charge in [-0.2, -0.15) is 0 Å². The van der Waals surface area contributed by atoms with Crippen molar-refractivity contribution >= 4 is 11.9 Å². The minimum absolute atomic E-state index is 0.000787. The van der Waals surface area contributed by atoms with Gasteiger partial charge in [0.1, 0.15) is 0 Å². The molecule has 0 amide bonds. The van der Waals surface area contributed by atoms with Crippen molar-refractivity contribution in [1.29, 1.82) is 0 Å². The van der Waals surface area contributed by atoms with E-state index in [1.165, 1.54) is 96.3 Å². The zero-order valence-corrected chi connectivity index (χ0v) is 22.0. The lowest BCUT2D eigenvalue weighted by atomic mass is 9.97. The van der Waals surface area contributed by atoms with Crippen LogP contribution in [0.2, 0.25) is 0 Å². The van der Waals surface area contributed by atoms with E-state index in [1.54, 1.807) is 0 Å². The lowest BCUT2D eigenvalue weighted by molar-refractivity contribution is -0.151. The average Bonchev–Trinajstić information content (AvgIpc) is 2.80. The molecule has 0 aromatic heterocycles. The SMILES string of the molecule is CCCCCCCCCCCC/C=C/CCCCCCCCC(CC(=O)OCCC)C(=O)O. The van der Waals surface area contributed by atoms with E-state index in [-0.39, 0.29) is 12.4 Å². The monoisotopic (exact) mass is 466 g/mol. The lowest BCUT2D eigenvalue weighted by Crippen LogP contribution is -2.19. The molecule has 0 bridgehead atoms. The van der Waals surface area contributed by atoms with Crippen LogP contribution < -0.4 is 0 Å². The Kier molecular flexibility index (Phi) is 24.3. The van der Waals surface area contributed by atoms with Gasteiger partial charge in [0.2, 0.25) is 0 Å². The summed E-state index contributed by atoms with van der Waals surface area (Å²) in [6, 6.07) is 0. The number of unbranched alkanes of at least 4 members (excludes halogenated alkanes) is 16. The van der Waals surface area contributed by atoms with Crippen LogP contribution in [0.4, 0.5) is 0 Å². The molecule has 0 fully saturated rings. The van der Waals surface area contributed by atoms with E-state index in [1.807, 2.05) is 6.92 Å². The zero-order valence-electron chi connectivity index (χ0n) is 22.0. The van der Waals surface area contributed by atoms with Gasteiger partial charge < -0.3 is 9.84 Å². The van der Waals surface area contributed by atoms with E-state index in [0.29, 0.717) is 13.0 Å². The molecule has 0 aliphatic heterocycles. The van der Waals surface area contributed by atoms with Crippen LogP contribution in [0.5, 0.6) is 0 Å². The van der Waals surface area contributed by atoms with Gasteiger partial charge in [0.05, 0.1) is 18.9 Å². The van der Waals surface area contributed by atoms with Gasteiger partial charge >= 0.3 is 11.9 Å². The summed E-state index contributed by atoms with van der Waals surface area (Å²) in [6.45, 7) is 4.58. The highest BCUT2D eigenvalue weighted by atomic mass is 16.5. The van der Waals surface area contributed by atoms with Gasteiger partial charge in [-0.3, -0.25) is 9.59 Å². The molecule has 0 saturated heterocycles. The number of carbonyl (C=O) groups is 2. The van der Waals surface area contributed by atoms with E-state index in [9.17, 15) is 14.7 Å². The molecule has 1 unspecified atom stereocenters. The van der Waals surface area contributed by atoms with E-state index in [4.69, 9.17) is 4.74 Å². The first-order valence-corrected chi connectivity index (χ1v) is 14.1. The van der Waals surface area contributed by atoms with Crippen molar-refractivity contribution in [3.63, 3.8) is 0 Å². The van der Waals surface area contributed by atoms with Crippen LogP contribution in [-0.4, -0.2) is 23.7 Å². The number of carboxylic acid groups (broad SMARTS) is 1.